The van der Waals surface area contributed by atoms with Crippen molar-refractivity contribution in [3.63, 3.8) is 0 Å². The first kappa shape index (κ1) is 19.8. The van der Waals surface area contributed by atoms with E-state index in [4.69, 9.17) is 0 Å². The maximum Gasteiger partial charge on any atom is 0.256 e. The summed E-state index contributed by atoms with van der Waals surface area (Å²) in [6, 6.07) is 5.60. The van der Waals surface area contributed by atoms with Gasteiger partial charge in [0.1, 0.15) is 29.2 Å². The third kappa shape index (κ3) is 4.25. The van der Waals surface area contributed by atoms with Crippen LogP contribution < -0.4 is 10.6 Å². The van der Waals surface area contributed by atoms with Gasteiger partial charge in [-0.15, -0.1) is 0 Å². The van der Waals surface area contributed by atoms with E-state index in [2.05, 4.69) is 25.7 Å². The molecule has 0 saturated heterocycles. The van der Waals surface area contributed by atoms with Gasteiger partial charge >= 0.3 is 0 Å². The average Bonchev–Trinajstić information content (AvgIpc) is 3.46. The summed E-state index contributed by atoms with van der Waals surface area (Å²) in [4.78, 5) is 8.61. The van der Waals surface area contributed by atoms with Crippen molar-refractivity contribution in [2.24, 2.45) is 0 Å². The van der Waals surface area contributed by atoms with Gasteiger partial charge in [0.15, 0.2) is 0 Å². The van der Waals surface area contributed by atoms with Gasteiger partial charge in [-0.2, -0.15) is 42.3 Å². The Bertz CT molecular complexity index is 1070. The summed E-state index contributed by atoms with van der Waals surface area (Å²) < 4.78 is 1.58. The fourth-order valence-electron chi connectivity index (χ4n) is 2.90. The minimum atomic E-state index is -1.04. The number of nitrogens with zero attached hydrogens (tertiary/aromatic N) is 4. The summed E-state index contributed by atoms with van der Waals surface area (Å²) in [6.07, 6.45) is 1.43. The second-order valence-electron chi connectivity index (χ2n) is 7.28. The van der Waals surface area contributed by atoms with Gasteiger partial charge in [-0.25, -0.2) is 0 Å². The van der Waals surface area contributed by atoms with E-state index < -0.39 is 11.2 Å². The van der Waals surface area contributed by atoms with Crippen LogP contribution in [0.2, 0.25) is 0 Å². The lowest BCUT2D eigenvalue weighted by Gasteiger charge is -2.24. The highest BCUT2D eigenvalue weighted by molar-refractivity contribution is 7.08. The molecule has 0 fully saturated rings. The summed E-state index contributed by atoms with van der Waals surface area (Å²) in [6.45, 7) is 4.09. The summed E-state index contributed by atoms with van der Waals surface area (Å²) >= 11 is 3.09. The number of thiophene rings is 2. The maximum atomic E-state index is 10.8. The van der Waals surface area contributed by atoms with Gasteiger partial charge in [0.2, 0.25) is 0 Å². The Morgan fingerprint density at radius 3 is 2.21 bits per heavy atom. The molecular formula is C19H22N6O2S2. The van der Waals surface area contributed by atoms with E-state index in [-0.39, 0.29) is 13.1 Å². The van der Waals surface area contributed by atoms with Crippen LogP contribution >= 0.6 is 22.7 Å². The second-order valence-corrected chi connectivity index (χ2v) is 8.84. The highest BCUT2D eigenvalue weighted by Gasteiger charge is 2.25. The van der Waals surface area contributed by atoms with Crippen LogP contribution in [0.5, 0.6) is 0 Å². The van der Waals surface area contributed by atoms with Crippen molar-refractivity contribution >= 4 is 40.1 Å². The Morgan fingerprint density at radius 1 is 1.00 bits per heavy atom. The predicted molar refractivity (Wildman–Crippen MR) is 116 cm³/mol. The molecule has 0 unspecified atom stereocenters. The number of aliphatic hydroxyl groups is 2. The van der Waals surface area contributed by atoms with Crippen molar-refractivity contribution in [3.05, 3.63) is 57.2 Å². The molecule has 0 aromatic carbocycles. The number of hydrogen-bond acceptors (Lipinski definition) is 9. The Morgan fingerprint density at radius 2 is 1.62 bits per heavy atom. The van der Waals surface area contributed by atoms with E-state index in [9.17, 15) is 10.2 Å². The molecule has 4 N–H and O–H groups in total. The van der Waals surface area contributed by atoms with Gasteiger partial charge in [-0.1, -0.05) is 0 Å². The molecule has 10 heteroatoms. The van der Waals surface area contributed by atoms with Gasteiger partial charge in [-0.05, 0) is 58.6 Å². The maximum absolute atomic E-state index is 10.8. The van der Waals surface area contributed by atoms with Crippen LogP contribution in [0.25, 0.3) is 5.78 Å². The molecule has 29 heavy (non-hydrogen) atoms. The monoisotopic (exact) mass is 430 g/mol. The first-order chi connectivity index (χ1) is 13.9. The number of nitrogens with one attached hydrogen (secondary N) is 2. The van der Waals surface area contributed by atoms with Crippen LogP contribution in [0.3, 0.4) is 0 Å². The van der Waals surface area contributed by atoms with Gasteiger partial charge in [0, 0.05) is 19.2 Å². The molecule has 4 rings (SSSR count). The number of aromatic nitrogens is 4. The third-order valence-electron chi connectivity index (χ3n) is 4.77. The molecule has 152 valence electrons. The van der Waals surface area contributed by atoms with Crippen molar-refractivity contribution in [3.8, 4) is 0 Å². The molecule has 4 heterocycles. The third-order valence-corrected chi connectivity index (χ3v) is 6.13. The minimum absolute atomic E-state index is 0.285. The van der Waals surface area contributed by atoms with Crippen molar-refractivity contribution in [2.75, 3.05) is 23.7 Å². The Labute approximate surface area is 175 Å². The normalized spacial score (nSPS) is 15.7. The Kier molecular flexibility index (Phi) is 5.26. The molecule has 0 saturated carbocycles. The fraction of sp³-hybridized carbons (Fsp3) is 0.316. The van der Waals surface area contributed by atoms with Gasteiger partial charge < -0.3 is 20.8 Å². The highest BCUT2D eigenvalue weighted by Crippen LogP contribution is 2.26. The zero-order valence-corrected chi connectivity index (χ0v) is 17.7. The lowest BCUT2D eigenvalue weighted by Crippen LogP contribution is -2.31. The van der Waals surface area contributed by atoms with Gasteiger partial charge in [0.05, 0.1) is 0 Å². The molecule has 0 radical (unpaired) electrons. The van der Waals surface area contributed by atoms with Crippen LogP contribution in [-0.2, 0) is 11.2 Å². The number of fused-ring (bicyclic) bond motifs is 1. The van der Waals surface area contributed by atoms with Crippen molar-refractivity contribution < 1.29 is 10.2 Å². The summed E-state index contributed by atoms with van der Waals surface area (Å²) in [5.41, 5.74) is -0.364. The minimum Gasteiger partial charge on any atom is -0.384 e. The highest BCUT2D eigenvalue weighted by atomic mass is 32.1. The molecule has 0 amide bonds. The smallest absolute Gasteiger partial charge is 0.256 e. The topological polar surface area (TPSA) is 108 Å². The molecule has 0 bridgehead atoms. The Hall–Kier alpha value is -2.53. The molecule has 4 aromatic rings. The molecule has 0 aliphatic carbocycles. The second kappa shape index (κ2) is 7.71. The van der Waals surface area contributed by atoms with E-state index in [1.807, 2.05) is 33.7 Å². The molecule has 0 spiro atoms. The summed E-state index contributed by atoms with van der Waals surface area (Å²) in [5, 5.41) is 39.9. The van der Waals surface area contributed by atoms with Crippen LogP contribution in [-0.4, -0.2) is 42.9 Å². The van der Waals surface area contributed by atoms with Crippen molar-refractivity contribution in [2.45, 2.75) is 25.0 Å². The Balaban J connectivity index is 1.53. The molecule has 4 aromatic heterocycles. The summed E-state index contributed by atoms with van der Waals surface area (Å²) in [5.74, 6) is 1.61. The molecule has 0 aliphatic heterocycles. The first-order valence-electron chi connectivity index (χ1n) is 9.04. The van der Waals surface area contributed by atoms with Crippen LogP contribution in [0.15, 0.2) is 46.0 Å². The molecular weight excluding hydrogens is 408 g/mol. The standard InChI is InChI=1S/C19H22N6O2S2/c1-18(26,13-3-5-28-8-13)10-20-15-7-16(25-17(24-15)22-12-23-25)21-11-19(2,27)14-4-6-29-9-14/h3-9,12,21,26-27H,10-11H2,1-2H3,(H,20,22,23,24)/t18-,19+/m0/s1. The molecule has 8 nitrogen and oxygen atoms in total. The zero-order valence-electron chi connectivity index (χ0n) is 16.0. The number of rotatable bonds is 8. The quantitative estimate of drug-likeness (QED) is 0.340. The van der Waals surface area contributed by atoms with E-state index in [0.29, 0.717) is 17.4 Å². The fourth-order valence-corrected chi connectivity index (χ4v) is 4.47. The zero-order chi connectivity index (χ0) is 20.5. The predicted octanol–water partition coefficient (Wildman–Crippen LogP) is 2.89. The van der Waals surface area contributed by atoms with Crippen LogP contribution in [0.1, 0.15) is 25.0 Å². The SMILES string of the molecule is C[C@](O)(CNc1cc(NC[C@@](C)(O)c2ccsc2)n2ncnc2n1)c1ccsc1. The van der Waals surface area contributed by atoms with Gasteiger partial charge in [0.25, 0.3) is 5.78 Å². The van der Waals surface area contributed by atoms with E-state index in [1.165, 1.54) is 6.33 Å². The first-order valence-corrected chi connectivity index (χ1v) is 10.9. The number of anilines is 2. The molecule has 0 aliphatic rings. The largest absolute Gasteiger partial charge is 0.384 e. The van der Waals surface area contributed by atoms with E-state index in [0.717, 1.165) is 11.1 Å². The molecule has 2 atom stereocenters. The van der Waals surface area contributed by atoms with Crippen LogP contribution in [0.4, 0.5) is 11.6 Å². The lowest BCUT2D eigenvalue weighted by molar-refractivity contribution is 0.0716. The lowest BCUT2D eigenvalue weighted by atomic mass is 9.99. The van der Waals surface area contributed by atoms with Crippen molar-refractivity contribution in [1.29, 1.82) is 0 Å². The summed E-state index contributed by atoms with van der Waals surface area (Å²) in [7, 11) is 0. The average molecular weight is 431 g/mol. The van der Waals surface area contributed by atoms with Crippen LogP contribution in [0, 0.1) is 0 Å². The van der Waals surface area contributed by atoms with Gasteiger partial charge in [-0.3, -0.25) is 0 Å². The van der Waals surface area contributed by atoms with Crippen molar-refractivity contribution in [1.82, 2.24) is 19.6 Å². The number of hydrogen-bond donors (Lipinski definition) is 4. The van der Waals surface area contributed by atoms with E-state index in [1.54, 1.807) is 47.1 Å². The van der Waals surface area contributed by atoms with E-state index >= 15 is 0 Å².